The van der Waals surface area contributed by atoms with Crippen molar-refractivity contribution in [2.24, 2.45) is 0 Å². The van der Waals surface area contributed by atoms with E-state index in [1.54, 1.807) is 18.7 Å². The van der Waals surface area contributed by atoms with Gasteiger partial charge in [0.1, 0.15) is 0 Å². The van der Waals surface area contributed by atoms with Crippen molar-refractivity contribution in [2.75, 3.05) is 6.54 Å². The van der Waals surface area contributed by atoms with E-state index in [1.807, 2.05) is 6.92 Å². The lowest BCUT2D eigenvalue weighted by Gasteiger charge is -2.23. The number of nitrogens with zero attached hydrogens (tertiary/aromatic N) is 1. The molecule has 17 heavy (non-hydrogen) atoms. The fraction of sp³-hybridized carbons (Fsp3) is 0.636. The van der Waals surface area contributed by atoms with Crippen molar-refractivity contribution in [2.45, 2.75) is 40.7 Å². The van der Waals surface area contributed by atoms with E-state index < -0.39 is 5.97 Å². The molecule has 1 rings (SSSR count). The van der Waals surface area contributed by atoms with E-state index in [0.29, 0.717) is 6.54 Å². The summed E-state index contributed by atoms with van der Waals surface area (Å²) in [6, 6.07) is -0.229. The van der Waals surface area contributed by atoms with Gasteiger partial charge in [0, 0.05) is 55.4 Å². The monoisotopic (exact) mass is 467 g/mol. The molecule has 0 aromatic heterocycles. The Morgan fingerprint density at radius 1 is 1.47 bits per heavy atom. The Labute approximate surface area is 126 Å². The average molecular weight is 467 g/mol. The molecule has 0 fully saturated rings. The van der Waals surface area contributed by atoms with E-state index in [2.05, 4.69) is 37.2 Å². The van der Waals surface area contributed by atoms with Crippen LogP contribution in [0.4, 0.5) is 0 Å². The number of rotatable bonds is 3. The van der Waals surface area contributed by atoms with Crippen molar-refractivity contribution < 1.29 is 14.7 Å². The summed E-state index contributed by atoms with van der Waals surface area (Å²) < 4.78 is 0. The highest BCUT2D eigenvalue weighted by atomic mass is 128. The van der Waals surface area contributed by atoms with Gasteiger partial charge in [-0.3, -0.25) is 9.59 Å². The first-order chi connectivity index (χ1) is 7.43. The third-order valence-electron chi connectivity index (χ3n) is 2.63. The van der Waals surface area contributed by atoms with Gasteiger partial charge in [0.2, 0.25) is 5.91 Å². The number of halogens is 2. The highest BCUT2D eigenvalue weighted by Crippen LogP contribution is 2.21. The number of amides is 1. The van der Waals surface area contributed by atoms with E-state index in [9.17, 15) is 9.59 Å². The summed E-state index contributed by atoms with van der Waals surface area (Å²) in [5.41, 5.74) is 1.79. The number of carbonyl (C=O) groups is 2. The predicted molar refractivity (Wildman–Crippen MR) is 86.6 cm³/mol. The second-order valence-corrected chi connectivity index (χ2v) is 3.79. The maximum atomic E-state index is 11.6. The molecule has 100 valence electrons. The minimum Gasteiger partial charge on any atom is -0.481 e. The summed E-state index contributed by atoms with van der Waals surface area (Å²) in [5.74, 6) is -0.899. The first-order valence-electron chi connectivity index (χ1n) is 4.77. The zero-order chi connectivity index (χ0) is 12.9. The Morgan fingerprint density at radius 2 is 1.94 bits per heavy atom. The van der Waals surface area contributed by atoms with Crippen LogP contribution >= 0.6 is 37.2 Å². The SMILES string of the molecule is C.CC1=C(C)C(=O)N(C(C)CC(=O)O)C1.II. The summed E-state index contributed by atoms with van der Waals surface area (Å²) in [6.45, 7) is 6.02. The van der Waals surface area contributed by atoms with Crippen LogP contribution in [-0.4, -0.2) is 34.5 Å². The normalized spacial score (nSPS) is 16.1. The predicted octanol–water partition coefficient (Wildman–Crippen LogP) is 3.44. The second kappa shape index (κ2) is 9.12. The molecule has 0 spiro atoms. The minimum atomic E-state index is -0.868. The third-order valence-corrected chi connectivity index (χ3v) is 2.63. The number of hydrogen-bond donors (Lipinski definition) is 1. The molecule has 0 saturated heterocycles. The van der Waals surface area contributed by atoms with Gasteiger partial charge < -0.3 is 10.0 Å². The van der Waals surface area contributed by atoms with E-state index in [1.165, 1.54) is 0 Å². The van der Waals surface area contributed by atoms with Crippen LogP contribution in [0.3, 0.4) is 0 Å². The molecule has 0 saturated carbocycles. The smallest absolute Gasteiger partial charge is 0.305 e. The van der Waals surface area contributed by atoms with Gasteiger partial charge in [0.05, 0.1) is 6.42 Å². The van der Waals surface area contributed by atoms with E-state index in [0.717, 1.165) is 11.1 Å². The maximum absolute atomic E-state index is 11.6. The van der Waals surface area contributed by atoms with Crippen LogP contribution in [0.15, 0.2) is 11.1 Å². The Morgan fingerprint density at radius 3 is 2.24 bits per heavy atom. The number of carboxylic acid groups (broad SMARTS) is 1. The van der Waals surface area contributed by atoms with Gasteiger partial charge >= 0.3 is 5.97 Å². The number of aliphatic carboxylic acids is 1. The molecule has 0 bridgehead atoms. The summed E-state index contributed by atoms with van der Waals surface area (Å²) in [5, 5.41) is 8.61. The van der Waals surface area contributed by atoms with Crippen molar-refractivity contribution in [1.29, 1.82) is 0 Å². The zero-order valence-electron chi connectivity index (χ0n) is 9.46. The molecule has 1 atom stereocenters. The molecule has 1 aliphatic heterocycles. The first kappa shape index (κ1) is 19.5. The van der Waals surface area contributed by atoms with E-state index in [4.69, 9.17) is 5.11 Å². The average Bonchev–Trinajstić information content (AvgIpc) is 2.48. The topological polar surface area (TPSA) is 57.6 Å². The fourth-order valence-corrected chi connectivity index (χ4v) is 1.56. The molecule has 0 aromatic rings. The van der Waals surface area contributed by atoms with E-state index >= 15 is 0 Å². The summed E-state index contributed by atoms with van der Waals surface area (Å²) >= 11 is 4.24. The van der Waals surface area contributed by atoms with Gasteiger partial charge in [0.15, 0.2) is 0 Å². The maximum Gasteiger partial charge on any atom is 0.305 e. The summed E-state index contributed by atoms with van der Waals surface area (Å²) in [4.78, 5) is 23.7. The van der Waals surface area contributed by atoms with Crippen molar-refractivity contribution in [3.8, 4) is 0 Å². The second-order valence-electron chi connectivity index (χ2n) is 3.79. The van der Waals surface area contributed by atoms with Crippen molar-refractivity contribution in [3.05, 3.63) is 11.1 Å². The lowest BCUT2D eigenvalue weighted by molar-refractivity contribution is -0.139. The molecule has 1 amide bonds. The molecule has 1 heterocycles. The number of carboxylic acids is 1. The standard InChI is InChI=1S/C10H15NO3.CH4.I2/c1-6-5-11(10(14)8(6)3)7(2)4-9(12)13;;1-2/h7H,4-5H2,1-3H3,(H,12,13);1H4;. The van der Waals surface area contributed by atoms with Crippen LogP contribution in [0.5, 0.6) is 0 Å². The molecule has 1 unspecified atom stereocenters. The molecule has 6 heteroatoms. The van der Waals surface area contributed by atoms with Crippen LogP contribution in [0.1, 0.15) is 34.6 Å². The molecule has 1 N–H and O–H groups in total. The lowest BCUT2D eigenvalue weighted by atomic mass is 10.2. The van der Waals surface area contributed by atoms with E-state index in [-0.39, 0.29) is 25.8 Å². The summed E-state index contributed by atoms with van der Waals surface area (Å²) in [7, 11) is 0. The van der Waals surface area contributed by atoms with Gasteiger partial charge in [-0.05, 0) is 26.3 Å². The molecule has 4 nitrogen and oxygen atoms in total. The van der Waals surface area contributed by atoms with Gasteiger partial charge in [-0.1, -0.05) is 7.43 Å². The van der Waals surface area contributed by atoms with Crippen LogP contribution in [0.25, 0.3) is 0 Å². The van der Waals surface area contributed by atoms with Crippen LogP contribution < -0.4 is 0 Å². The first-order valence-corrected chi connectivity index (χ1v) is 11.1. The molecule has 0 radical (unpaired) electrons. The molecular weight excluding hydrogens is 448 g/mol. The molecule has 1 aliphatic rings. The highest BCUT2D eigenvalue weighted by Gasteiger charge is 2.29. The number of hydrogen-bond acceptors (Lipinski definition) is 2. The zero-order valence-corrected chi connectivity index (χ0v) is 13.8. The Hall–Kier alpha value is 0.140. The quantitative estimate of drug-likeness (QED) is 0.648. The van der Waals surface area contributed by atoms with Crippen molar-refractivity contribution in [1.82, 2.24) is 4.90 Å². The Bertz CT molecular complexity index is 316. The van der Waals surface area contributed by atoms with Crippen molar-refractivity contribution in [3.63, 3.8) is 0 Å². The Balaban J connectivity index is 0. The largest absolute Gasteiger partial charge is 0.481 e. The van der Waals surface area contributed by atoms with Crippen molar-refractivity contribution >= 4 is 49.1 Å². The van der Waals surface area contributed by atoms with Crippen LogP contribution in [-0.2, 0) is 9.59 Å². The third kappa shape index (κ3) is 5.54. The number of carbonyl (C=O) groups excluding carboxylic acids is 1. The fourth-order valence-electron chi connectivity index (χ4n) is 1.56. The van der Waals surface area contributed by atoms with Gasteiger partial charge in [0.25, 0.3) is 0 Å². The summed E-state index contributed by atoms with van der Waals surface area (Å²) in [6.07, 6.45) is 0.00625. The van der Waals surface area contributed by atoms with Crippen LogP contribution in [0, 0.1) is 0 Å². The molecule has 0 aromatic carbocycles. The van der Waals surface area contributed by atoms with Crippen LogP contribution in [0.2, 0.25) is 0 Å². The molecule has 0 aliphatic carbocycles. The minimum absolute atomic E-state index is 0. The van der Waals surface area contributed by atoms with Gasteiger partial charge in [-0.25, -0.2) is 0 Å². The molecular formula is C11H19I2NO3. The Kier molecular flexibility index (Phi) is 10.5. The highest BCUT2D eigenvalue weighted by molar-refractivity contribution is 15.0. The lowest BCUT2D eigenvalue weighted by Crippen LogP contribution is -2.37. The van der Waals surface area contributed by atoms with Gasteiger partial charge in [-0.2, -0.15) is 0 Å². The van der Waals surface area contributed by atoms with Gasteiger partial charge in [-0.15, -0.1) is 0 Å².